The monoisotopic (exact) mass is 353 g/mol. The number of aromatic nitrogens is 1. The minimum absolute atomic E-state index is 0.0906. The Morgan fingerprint density at radius 1 is 1.20 bits per heavy atom. The van der Waals surface area contributed by atoms with Crippen molar-refractivity contribution < 1.29 is 14.3 Å². The lowest BCUT2D eigenvalue weighted by molar-refractivity contribution is -0.122. The van der Waals surface area contributed by atoms with Gasteiger partial charge in [0.25, 0.3) is 0 Å². The molecule has 1 aromatic heterocycles. The number of carbonyl (C=O) groups excluding carboxylic acids is 2. The van der Waals surface area contributed by atoms with Crippen LogP contribution in [0.4, 0.5) is 5.13 Å². The van der Waals surface area contributed by atoms with E-state index in [1.165, 1.54) is 11.3 Å². The van der Waals surface area contributed by atoms with Crippen LogP contribution in [0.5, 0.6) is 11.5 Å². The Morgan fingerprint density at radius 3 is 2.80 bits per heavy atom. The maximum Gasteiger partial charge on any atom is 0.248 e. The summed E-state index contributed by atoms with van der Waals surface area (Å²) in [5.41, 5.74) is 0.788. The fourth-order valence-electron chi connectivity index (χ4n) is 2.65. The van der Waals surface area contributed by atoms with Gasteiger partial charge in [-0.15, -0.1) is 0 Å². The number of ether oxygens (including phenoxy) is 1. The van der Waals surface area contributed by atoms with E-state index in [9.17, 15) is 9.59 Å². The third-order valence-electron chi connectivity index (χ3n) is 3.88. The summed E-state index contributed by atoms with van der Waals surface area (Å²) in [4.78, 5) is 27.8. The van der Waals surface area contributed by atoms with Crippen molar-refractivity contribution in [2.75, 3.05) is 5.32 Å². The van der Waals surface area contributed by atoms with Crippen molar-refractivity contribution in [1.29, 1.82) is 0 Å². The van der Waals surface area contributed by atoms with Crippen molar-refractivity contribution in [3.8, 4) is 11.5 Å². The van der Waals surface area contributed by atoms with Gasteiger partial charge in [0.15, 0.2) is 5.13 Å². The first kappa shape index (κ1) is 15.6. The summed E-state index contributed by atoms with van der Waals surface area (Å²) in [5, 5.41) is 5.94. The van der Waals surface area contributed by atoms with Gasteiger partial charge in [-0.3, -0.25) is 9.59 Å². The number of rotatable bonds is 4. The fraction of sp³-hybridized carbons (Fsp3) is 0.167. The van der Waals surface area contributed by atoms with Gasteiger partial charge in [-0.05, 0) is 30.7 Å². The van der Waals surface area contributed by atoms with Gasteiger partial charge < -0.3 is 15.4 Å². The number of hydrogen-bond donors (Lipinski definition) is 2. The van der Waals surface area contributed by atoms with Gasteiger partial charge in [-0.25, -0.2) is 4.98 Å². The lowest BCUT2D eigenvalue weighted by atomic mass is 10.2. The van der Waals surface area contributed by atoms with E-state index >= 15 is 0 Å². The van der Waals surface area contributed by atoms with E-state index < -0.39 is 6.04 Å². The predicted octanol–water partition coefficient (Wildman–Crippen LogP) is 3.31. The second-order valence-electron chi connectivity index (χ2n) is 5.71. The molecular weight excluding hydrogens is 338 g/mol. The van der Waals surface area contributed by atoms with Gasteiger partial charge in [-0.2, -0.15) is 0 Å². The lowest BCUT2D eigenvalue weighted by Gasteiger charge is -2.08. The van der Waals surface area contributed by atoms with Crippen molar-refractivity contribution in [3.05, 3.63) is 48.5 Å². The van der Waals surface area contributed by atoms with E-state index in [1.807, 2.05) is 48.5 Å². The largest absolute Gasteiger partial charge is 0.457 e. The van der Waals surface area contributed by atoms with Crippen LogP contribution in [0.2, 0.25) is 0 Å². The third-order valence-corrected chi connectivity index (χ3v) is 4.81. The first-order valence-electron chi connectivity index (χ1n) is 7.91. The van der Waals surface area contributed by atoms with Crippen LogP contribution in [0.15, 0.2) is 48.5 Å². The Balaban J connectivity index is 1.50. The smallest absolute Gasteiger partial charge is 0.248 e. The second kappa shape index (κ2) is 6.52. The standard InChI is InChI=1S/C18H15N3O3S/c22-16-9-8-14(19-16)17(23)21-18-20-13-7-6-12(10-15(13)25-18)24-11-4-2-1-3-5-11/h1-7,10,14H,8-9H2,(H,19,22)(H,20,21,23)/t14-/m0/s1. The zero-order valence-corrected chi connectivity index (χ0v) is 14.0. The number of anilines is 1. The molecule has 0 bridgehead atoms. The van der Waals surface area contributed by atoms with E-state index in [1.54, 1.807) is 0 Å². The molecule has 1 fully saturated rings. The van der Waals surface area contributed by atoms with Gasteiger partial charge >= 0.3 is 0 Å². The molecule has 0 unspecified atom stereocenters. The molecule has 25 heavy (non-hydrogen) atoms. The van der Waals surface area contributed by atoms with Crippen molar-refractivity contribution in [2.45, 2.75) is 18.9 Å². The molecule has 2 heterocycles. The molecule has 0 spiro atoms. The maximum atomic E-state index is 12.2. The maximum absolute atomic E-state index is 12.2. The number of benzene rings is 2. The van der Waals surface area contributed by atoms with Crippen LogP contribution in [-0.4, -0.2) is 22.8 Å². The van der Waals surface area contributed by atoms with Gasteiger partial charge in [0.1, 0.15) is 17.5 Å². The normalized spacial score (nSPS) is 16.6. The van der Waals surface area contributed by atoms with Crippen molar-refractivity contribution in [2.24, 2.45) is 0 Å². The van der Waals surface area contributed by atoms with Crippen LogP contribution in [0.1, 0.15) is 12.8 Å². The van der Waals surface area contributed by atoms with Crippen molar-refractivity contribution >= 4 is 38.5 Å². The summed E-state index contributed by atoms with van der Waals surface area (Å²) >= 11 is 1.37. The van der Waals surface area contributed by atoms with Crippen LogP contribution >= 0.6 is 11.3 Å². The van der Waals surface area contributed by atoms with Crippen molar-refractivity contribution in [1.82, 2.24) is 10.3 Å². The average Bonchev–Trinajstić information content (AvgIpc) is 3.21. The summed E-state index contributed by atoms with van der Waals surface area (Å²) in [6, 6.07) is 14.7. The Hall–Kier alpha value is -2.93. The minimum atomic E-state index is -0.475. The summed E-state index contributed by atoms with van der Waals surface area (Å²) in [6.07, 6.45) is 0.905. The topological polar surface area (TPSA) is 80.3 Å². The van der Waals surface area contributed by atoms with Crippen LogP contribution < -0.4 is 15.4 Å². The van der Waals surface area contributed by atoms with E-state index in [-0.39, 0.29) is 11.8 Å². The Bertz CT molecular complexity index is 939. The molecule has 1 aliphatic rings. The predicted molar refractivity (Wildman–Crippen MR) is 95.9 cm³/mol. The summed E-state index contributed by atoms with van der Waals surface area (Å²) in [6.45, 7) is 0. The Morgan fingerprint density at radius 2 is 2.04 bits per heavy atom. The number of para-hydroxylation sites is 1. The quantitative estimate of drug-likeness (QED) is 0.754. The molecule has 7 heteroatoms. The van der Waals surface area contributed by atoms with E-state index in [4.69, 9.17) is 4.74 Å². The molecule has 2 aromatic carbocycles. The zero-order valence-electron chi connectivity index (χ0n) is 13.2. The molecule has 2 amide bonds. The van der Waals surface area contributed by atoms with Gasteiger partial charge in [-0.1, -0.05) is 29.5 Å². The van der Waals surface area contributed by atoms with E-state index in [0.717, 1.165) is 16.0 Å². The SMILES string of the molecule is O=C1CC[C@@H](C(=O)Nc2nc3ccc(Oc4ccccc4)cc3s2)N1. The summed E-state index contributed by atoms with van der Waals surface area (Å²) in [5.74, 6) is 1.15. The second-order valence-corrected chi connectivity index (χ2v) is 6.74. The summed E-state index contributed by atoms with van der Waals surface area (Å²) < 4.78 is 6.73. The Kier molecular flexibility index (Phi) is 4.07. The van der Waals surface area contributed by atoms with Gasteiger partial charge in [0.05, 0.1) is 10.2 Å². The lowest BCUT2D eigenvalue weighted by Crippen LogP contribution is -2.37. The minimum Gasteiger partial charge on any atom is -0.457 e. The highest BCUT2D eigenvalue weighted by atomic mass is 32.1. The van der Waals surface area contributed by atoms with Crippen LogP contribution in [0, 0.1) is 0 Å². The molecule has 1 aliphatic heterocycles. The highest BCUT2D eigenvalue weighted by Crippen LogP contribution is 2.31. The first-order valence-corrected chi connectivity index (χ1v) is 8.73. The van der Waals surface area contributed by atoms with Gasteiger partial charge in [0, 0.05) is 12.5 Å². The number of nitrogens with one attached hydrogen (secondary N) is 2. The van der Waals surface area contributed by atoms with Crippen molar-refractivity contribution in [3.63, 3.8) is 0 Å². The summed E-state index contributed by atoms with van der Waals surface area (Å²) in [7, 11) is 0. The van der Waals surface area contributed by atoms with Crippen LogP contribution in [0.3, 0.4) is 0 Å². The highest BCUT2D eigenvalue weighted by molar-refractivity contribution is 7.22. The molecule has 126 valence electrons. The third kappa shape index (κ3) is 3.46. The van der Waals surface area contributed by atoms with Crippen LogP contribution in [-0.2, 0) is 9.59 Å². The molecule has 0 radical (unpaired) electrons. The molecule has 2 N–H and O–H groups in total. The molecule has 1 saturated heterocycles. The average molecular weight is 353 g/mol. The fourth-order valence-corrected chi connectivity index (χ4v) is 3.55. The van der Waals surface area contributed by atoms with E-state index in [2.05, 4.69) is 15.6 Å². The number of carbonyl (C=O) groups is 2. The number of nitrogens with zero attached hydrogens (tertiary/aromatic N) is 1. The molecule has 3 aromatic rings. The molecular formula is C18H15N3O3S. The van der Waals surface area contributed by atoms with Crippen LogP contribution in [0.25, 0.3) is 10.2 Å². The highest BCUT2D eigenvalue weighted by Gasteiger charge is 2.27. The molecule has 0 saturated carbocycles. The molecule has 0 aliphatic carbocycles. The number of thiazole rings is 1. The number of amides is 2. The molecule has 1 atom stereocenters. The number of fused-ring (bicyclic) bond motifs is 1. The first-order chi connectivity index (χ1) is 12.2. The molecule has 4 rings (SSSR count). The Labute approximate surface area is 147 Å². The van der Waals surface area contributed by atoms with E-state index in [0.29, 0.717) is 23.7 Å². The zero-order chi connectivity index (χ0) is 17.2. The molecule has 6 nitrogen and oxygen atoms in total. The number of hydrogen-bond acceptors (Lipinski definition) is 5. The van der Waals surface area contributed by atoms with Gasteiger partial charge in [0.2, 0.25) is 11.8 Å².